The SMILES string of the molecule is CNCC1CCC(N2C(=O)N(C)Cc3cnc4ccc(Cl)cc4c32)CC1. The van der Waals surface area contributed by atoms with Gasteiger partial charge in [0.2, 0.25) is 0 Å². The van der Waals surface area contributed by atoms with Crippen molar-refractivity contribution in [3.63, 3.8) is 0 Å². The number of rotatable bonds is 3. The molecule has 0 unspecified atom stereocenters. The molecule has 2 heterocycles. The minimum absolute atomic E-state index is 0.0852. The van der Waals surface area contributed by atoms with Crippen LogP contribution in [0.25, 0.3) is 10.9 Å². The maximum atomic E-state index is 13.1. The first-order valence-corrected chi connectivity index (χ1v) is 9.72. The van der Waals surface area contributed by atoms with Gasteiger partial charge in [0.15, 0.2) is 0 Å². The molecule has 2 aromatic rings. The van der Waals surface area contributed by atoms with Crippen molar-refractivity contribution in [3.8, 4) is 0 Å². The lowest BCUT2D eigenvalue weighted by molar-refractivity contribution is 0.202. The fourth-order valence-corrected chi connectivity index (χ4v) is 4.60. The predicted octanol–water partition coefficient (Wildman–Crippen LogP) is 4.04. The number of benzene rings is 1. The van der Waals surface area contributed by atoms with Crippen LogP contribution in [0.15, 0.2) is 24.4 Å². The molecule has 1 saturated carbocycles. The number of nitrogens with zero attached hydrogens (tertiary/aromatic N) is 3. The molecule has 1 aliphatic heterocycles. The van der Waals surface area contributed by atoms with Gasteiger partial charge in [-0.3, -0.25) is 9.88 Å². The van der Waals surface area contributed by atoms with Crippen LogP contribution in [-0.4, -0.2) is 42.6 Å². The largest absolute Gasteiger partial charge is 0.324 e. The lowest BCUT2D eigenvalue weighted by atomic mass is 9.84. The third-order valence-electron chi connectivity index (χ3n) is 5.73. The number of amides is 2. The van der Waals surface area contributed by atoms with Crippen molar-refractivity contribution in [2.24, 2.45) is 5.92 Å². The van der Waals surface area contributed by atoms with Crippen LogP contribution in [0.3, 0.4) is 0 Å². The smallest absolute Gasteiger partial charge is 0.323 e. The average Bonchev–Trinajstić information content (AvgIpc) is 2.64. The number of hydrogen-bond donors (Lipinski definition) is 1. The topological polar surface area (TPSA) is 48.5 Å². The summed E-state index contributed by atoms with van der Waals surface area (Å²) in [5, 5.41) is 4.94. The molecule has 1 aliphatic carbocycles. The van der Waals surface area contributed by atoms with E-state index in [1.807, 2.05) is 43.4 Å². The van der Waals surface area contributed by atoms with Crippen molar-refractivity contribution in [3.05, 3.63) is 35.0 Å². The highest BCUT2D eigenvalue weighted by Crippen LogP contribution is 2.40. The molecule has 1 aromatic carbocycles. The number of fused-ring (bicyclic) bond motifs is 3. The van der Waals surface area contributed by atoms with Crippen molar-refractivity contribution in [2.45, 2.75) is 38.3 Å². The van der Waals surface area contributed by atoms with Gasteiger partial charge in [-0.05, 0) is 63.4 Å². The highest BCUT2D eigenvalue weighted by molar-refractivity contribution is 6.31. The number of carbonyl (C=O) groups excluding carboxylic acids is 1. The Hall–Kier alpha value is -1.85. The monoisotopic (exact) mass is 372 g/mol. The Balaban J connectivity index is 1.76. The molecule has 5 nitrogen and oxygen atoms in total. The summed E-state index contributed by atoms with van der Waals surface area (Å²) in [6, 6.07) is 6.06. The Kier molecular flexibility index (Phi) is 4.76. The van der Waals surface area contributed by atoms with Gasteiger partial charge in [-0.1, -0.05) is 11.6 Å². The average molecular weight is 373 g/mol. The summed E-state index contributed by atoms with van der Waals surface area (Å²) in [5.74, 6) is 0.706. The zero-order valence-corrected chi connectivity index (χ0v) is 16.1. The molecular formula is C20H25ClN4O. The molecule has 0 saturated heterocycles. The molecular weight excluding hydrogens is 348 g/mol. The van der Waals surface area contributed by atoms with Crippen LogP contribution in [-0.2, 0) is 6.54 Å². The Morgan fingerprint density at radius 2 is 2.04 bits per heavy atom. The standard InChI is InChI=1S/C20H25ClN4O/c1-22-10-13-3-6-16(7-4-13)25-19-14(12-24(2)20(25)26)11-23-18-8-5-15(21)9-17(18)19/h5,8-9,11,13,16,22H,3-4,6-7,10,12H2,1-2H3. The number of urea groups is 1. The second-order valence-electron chi connectivity index (χ2n) is 7.53. The first kappa shape index (κ1) is 17.6. The fraction of sp³-hybridized carbons (Fsp3) is 0.500. The van der Waals surface area contributed by atoms with Gasteiger partial charge in [-0.25, -0.2) is 4.79 Å². The number of nitrogens with one attached hydrogen (secondary N) is 1. The predicted molar refractivity (Wildman–Crippen MR) is 106 cm³/mol. The van der Waals surface area contributed by atoms with E-state index >= 15 is 0 Å². The van der Waals surface area contributed by atoms with E-state index in [-0.39, 0.29) is 12.1 Å². The Labute approximate surface area is 159 Å². The van der Waals surface area contributed by atoms with E-state index in [2.05, 4.69) is 10.3 Å². The number of hydrogen-bond acceptors (Lipinski definition) is 3. The third kappa shape index (κ3) is 3.03. The molecule has 2 amide bonds. The van der Waals surface area contributed by atoms with Crippen LogP contribution in [0.5, 0.6) is 0 Å². The Morgan fingerprint density at radius 1 is 1.27 bits per heavy atom. The second-order valence-corrected chi connectivity index (χ2v) is 7.97. The van der Waals surface area contributed by atoms with Crippen molar-refractivity contribution in [2.75, 3.05) is 25.5 Å². The molecule has 26 heavy (non-hydrogen) atoms. The summed E-state index contributed by atoms with van der Waals surface area (Å²) >= 11 is 6.27. The van der Waals surface area contributed by atoms with E-state index in [4.69, 9.17) is 11.6 Å². The van der Waals surface area contributed by atoms with Crippen LogP contribution in [0.2, 0.25) is 5.02 Å². The van der Waals surface area contributed by atoms with Gasteiger partial charge in [-0.2, -0.15) is 0 Å². The molecule has 0 spiro atoms. The third-order valence-corrected chi connectivity index (χ3v) is 5.97. The van der Waals surface area contributed by atoms with Gasteiger partial charge >= 0.3 is 6.03 Å². The van der Waals surface area contributed by atoms with E-state index in [1.54, 1.807) is 4.90 Å². The number of carbonyl (C=O) groups is 1. The highest BCUT2D eigenvalue weighted by atomic mass is 35.5. The van der Waals surface area contributed by atoms with Gasteiger partial charge in [0.1, 0.15) is 0 Å². The Bertz CT molecular complexity index is 832. The van der Waals surface area contributed by atoms with E-state index in [0.29, 0.717) is 17.5 Å². The number of pyridine rings is 1. The summed E-state index contributed by atoms with van der Waals surface area (Å²) in [6.07, 6.45) is 6.29. The van der Waals surface area contributed by atoms with Gasteiger partial charge in [0.25, 0.3) is 0 Å². The second kappa shape index (κ2) is 7.05. The fourth-order valence-electron chi connectivity index (χ4n) is 4.43. The van der Waals surface area contributed by atoms with E-state index in [1.165, 1.54) is 0 Å². The molecule has 1 N–H and O–H groups in total. The summed E-state index contributed by atoms with van der Waals surface area (Å²) in [4.78, 5) is 21.5. The molecule has 0 radical (unpaired) electrons. The summed E-state index contributed by atoms with van der Waals surface area (Å²) in [7, 11) is 3.88. The van der Waals surface area contributed by atoms with Crippen molar-refractivity contribution < 1.29 is 4.79 Å². The first-order valence-electron chi connectivity index (χ1n) is 9.34. The molecule has 138 valence electrons. The van der Waals surface area contributed by atoms with Gasteiger partial charge in [0.05, 0.1) is 17.7 Å². The Morgan fingerprint density at radius 3 is 2.77 bits per heavy atom. The normalized spacial score (nSPS) is 23.4. The molecule has 6 heteroatoms. The molecule has 2 aliphatic rings. The van der Waals surface area contributed by atoms with Gasteiger partial charge in [0, 0.05) is 35.3 Å². The van der Waals surface area contributed by atoms with Crippen LogP contribution >= 0.6 is 11.6 Å². The summed E-state index contributed by atoms with van der Waals surface area (Å²) < 4.78 is 0. The molecule has 0 atom stereocenters. The van der Waals surface area contributed by atoms with Crippen LogP contribution in [0.1, 0.15) is 31.2 Å². The van der Waals surface area contributed by atoms with Crippen molar-refractivity contribution >= 4 is 34.2 Å². The van der Waals surface area contributed by atoms with Crippen molar-refractivity contribution in [1.82, 2.24) is 15.2 Å². The number of anilines is 1. The molecule has 1 fully saturated rings. The van der Waals surface area contributed by atoms with Crippen LogP contribution in [0.4, 0.5) is 10.5 Å². The van der Waals surface area contributed by atoms with Crippen molar-refractivity contribution in [1.29, 1.82) is 0 Å². The summed E-state index contributed by atoms with van der Waals surface area (Å²) in [5.41, 5.74) is 3.00. The number of aromatic nitrogens is 1. The molecule has 0 bridgehead atoms. The minimum atomic E-state index is 0.0852. The highest BCUT2D eigenvalue weighted by Gasteiger charge is 2.36. The number of halogens is 1. The first-order chi connectivity index (χ1) is 12.6. The maximum absolute atomic E-state index is 13.1. The zero-order valence-electron chi connectivity index (χ0n) is 15.3. The molecule has 1 aromatic heterocycles. The minimum Gasteiger partial charge on any atom is -0.323 e. The van der Waals surface area contributed by atoms with E-state index in [0.717, 1.165) is 54.4 Å². The van der Waals surface area contributed by atoms with E-state index in [9.17, 15) is 4.79 Å². The molecule has 4 rings (SSSR count). The van der Waals surface area contributed by atoms with Crippen LogP contribution < -0.4 is 10.2 Å². The zero-order chi connectivity index (χ0) is 18.3. The lowest BCUT2D eigenvalue weighted by Crippen LogP contribution is -2.51. The van der Waals surface area contributed by atoms with Crippen LogP contribution in [0, 0.1) is 5.92 Å². The van der Waals surface area contributed by atoms with Gasteiger partial charge in [-0.15, -0.1) is 0 Å². The lowest BCUT2D eigenvalue weighted by Gasteiger charge is -2.43. The summed E-state index contributed by atoms with van der Waals surface area (Å²) in [6.45, 7) is 1.65. The maximum Gasteiger partial charge on any atom is 0.324 e. The quantitative estimate of drug-likeness (QED) is 0.884. The van der Waals surface area contributed by atoms with Gasteiger partial charge < -0.3 is 10.2 Å². The van der Waals surface area contributed by atoms with E-state index < -0.39 is 0 Å².